The van der Waals surface area contributed by atoms with Gasteiger partial charge in [0.25, 0.3) is 0 Å². The van der Waals surface area contributed by atoms with E-state index in [9.17, 15) is 18.0 Å². The Morgan fingerprint density at radius 3 is 2.31 bits per heavy atom. The highest BCUT2D eigenvalue weighted by Crippen LogP contribution is 2.41. The molecule has 4 nitrogen and oxygen atoms in total. The molecule has 0 aliphatic heterocycles. The van der Waals surface area contributed by atoms with Crippen molar-refractivity contribution in [1.82, 2.24) is 0 Å². The Morgan fingerprint density at radius 2 is 1.78 bits per heavy atom. The van der Waals surface area contributed by atoms with Gasteiger partial charge in [-0.05, 0) is 55.5 Å². The van der Waals surface area contributed by atoms with Gasteiger partial charge in [0.2, 0.25) is 0 Å². The minimum absolute atomic E-state index is 0.284. The second kappa shape index (κ2) is 10.9. The second-order valence-corrected chi connectivity index (χ2v) is 7.27. The van der Waals surface area contributed by atoms with Crippen LogP contribution in [0.2, 0.25) is 0 Å². The Balaban J connectivity index is 2.54. The van der Waals surface area contributed by atoms with E-state index in [1.807, 2.05) is 33.8 Å². The molecule has 0 saturated heterocycles. The first-order chi connectivity index (χ1) is 15.1. The molecule has 32 heavy (non-hydrogen) atoms. The molecule has 0 aliphatic carbocycles. The van der Waals surface area contributed by atoms with E-state index in [0.29, 0.717) is 30.6 Å². The fraction of sp³-hybridized carbons (Fsp3) is 0.400. The fourth-order valence-electron chi connectivity index (χ4n) is 3.44. The Bertz CT molecular complexity index is 999. The second-order valence-electron chi connectivity index (χ2n) is 7.27. The van der Waals surface area contributed by atoms with Gasteiger partial charge < -0.3 is 14.2 Å². The van der Waals surface area contributed by atoms with Gasteiger partial charge in [-0.3, -0.25) is 4.79 Å². The third-order valence-corrected chi connectivity index (χ3v) is 4.85. The zero-order chi connectivity index (χ0) is 23.9. The van der Waals surface area contributed by atoms with Gasteiger partial charge in [0.05, 0.1) is 0 Å². The zero-order valence-corrected chi connectivity index (χ0v) is 18.9. The highest BCUT2D eigenvalue weighted by molar-refractivity contribution is 5.74. The van der Waals surface area contributed by atoms with E-state index in [0.717, 1.165) is 22.3 Å². The summed E-state index contributed by atoms with van der Waals surface area (Å²) >= 11 is 0. The number of esters is 1. The van der Waals surface area contributed by atoms with Gasteiger partial charge >= 0.3 is 12.3 Å². The number of rotatable bonds is 8. The van der Waals surface area contributed by atoms with Crippen LogP contribution in [0.3, 0.4) is 0 Å². The molecule has 2 aromatic carbocycles. The number of alkyl halides is 3. The van der Waals surface area contributed by atoms with Gasteiger partial charge in [-0.15, -0.1) is 13.2 Å². The maximum atomic E-state index is 12.5. The molecular formula is C25H27F3O4. The summed E-state index contributed by atoms with van der Waals surface area (Å²) in [4.78, 5) is 12.1. The summed E-state index contributed by atoms with van der Waals surface area (Å²) in [6.45, 7) is 9.18. The van der Waals surface area contributed by atoms with E-state index in [1.165, 1.54) is 12.1 Å². The average Bonchev–Trinajstić information content (AvgIpc) is 2.72. The molecular weight excluding hydrogens is 421 g/mol. The number of hydrogen-bond donors (Lipinski definition) is 0. The molecule has 172 valence electrons. The van der Waals surface area contributed by atoms with Crippen LogP contribution in [0.4, 0.5) is 13.2 Å². The van der Waals surface area contributed by atoms with Crippen molar-refractivity contribution in [2.24, 2.45) is 0 Å². The lowest BCUT2D eigenvalue weighted by Gasteiger charge is -2.24. The van der Waals surface area contributed by atoms with E-state index in [1.54, 1.807) is 19.1 Å². The van der Waals surface area contributed by atoms with Crippen molar-refractivity contribution in [3.05, 3.63) is 47.0 Å². The summed E-state index contributed by atoms with van der Waals surface area (Å²) in [7, 11) is 0. The number of carbonyl (C=O) groups is 1. The number of ether oxygens (including phenoxy) is 3. The number of halogens is 3. The average molecular weight is 448 g/mol. The monoisotopic (exact) mass is 448 g/mol. The van der Waals surface area contributed by atoms with Gasteiger partial charge in [0.15, 0.2) is 5.75 Å². The third-order valence-electron chi connectivity index (χ3n) is 4.85. The summed E-state index contributed by atoms with van der Waals surface area (Å²) < 4.78 is 52.8. The Morgan fingerprint density at radius 1 is 1.12 bits per heavy atom. The van der Waals surface area contributed by atoms with Gasteiger partial charge in [0.1, 0.15) is 18.0 Å². The molecule has 0 N–H and O–H groups in total. The predicted octanol–water partition coefficient (Wildman–Crippen LogP) is 7.02. The molecule has 0 saturated carbocycles. The van der Waals surface area contributed by atoms with Gasteiger partial charge in [-0.1, -0.05) is 38.0 Å². The molecule has 0 spiro atoms. The molecule has 0 heterocycles. The summed E-state index contributed by atoms with van der Waals surface area (Å²) in [5.74, 6) is 2.60. The topological polar surface area (TPSA) is 44.8 Å². The lowest BCUT2D eigenvalue weighted by Crippen LogP contribution is -2.16. The molecule has 2 aromatic rings. The van der Waals surface area contributed by atoms with Crippen molar-refractivity contribution in [2.45, 2.75) is 66.3 Å². The maximum absolute atomic E-state index is 12.5. The van der Waals surface area contributed by atoms with E-state index in [4.69, 9.17) is 9.47 Å². The minimum atomic E-state index is -4.75. The minimum Gasteiger partial charge on any atom is -0.457 e. The predicted molar refractivity (Wildman–Crippen MR) is 116 cm³/mol. The van der Waals surface area contributed by atoms with Crippen LogP contribution in [0.1, 0.15) is 62.8 Å². The zero-order valence-electron chi connectivity index (χ0n) is 18.9. The van der Waals surface area contributed by atoms with Crippen molar-refractivity contribution in [2.75, 3.05) is 0 Å². The maximum Gasteiger partial charge on any atom is 0.573 e. The van der Waals surface area contributed by atoms with E-state index in [-0.39, 0.29) is 11.7 Å². The highest BCUT2D eigenvalue weighted by Gasteiger charge is 2.31. The first-order valence-electron chi connectivity index (χ1n) is 10.4. The van der Waals surface area contributed by atoms with Crippen LogP contribution in [0.25, 0.3) is 11.1 Å². The van der Waals surface area contributed by atoms with Crippen molar-refractivity contribution < 1.29 is 32.2 Å². The van der Waals surface area contributed by atoms with Crippen LogP contribution in [-0.2, 0) is 9.53 Å². The molecule has 0 fully saturated rings. The molecule has 0 aliphatic rings. The van der Waals surface area contributed by atoms with Crippen LogP contribution >= 0.6 is 0 Å². The van der Waals surface area contributed by atoms with Gasteiger partial charge in [-0.25, -0.2) is 0 Å². The standard InChI is InChI=1S/C25H27F3O4/c1-6-9-22(29)31-21(8-3)23-16(4)15-20(17(5)24(23)30-14-7-2)18-10-12-19(13-11-18)32-25(26,27)28/h10-13,15,21H,6,8-9H2,1-5H3. The van der Waals surface area contributed by atoms with Crippen molar-refractivity contribution >= 4 is 5.97 Å². The van der Waals surface area contributed by atoms with Crippen LogP contribution in [-0.4, -0.2) is 12.3 Å². The third kappa shape index (κ3) is 6.43. The van der Waals surface area contributed by atoms with Crippen LogP contribution < -0.4 is 9.47 Å². The highest BCUT2D eigenvalue weighted by atomic mass is 19.4. The van der Waals surface area contributed by atoms with E-state index in [2.05, 4.69) is 16.8 Å². The van der Waals surface area contributed by atoms with Gasteiger partial charge in [-0.2, -0.15) is 0 Å². The molecule has 0 radical (unpaired) electrons. The van der Waals surface area contributed by atoms with Crippen LogP contribution in [0.15, 0.2) is 30.3 Å². The largest absolute Gasteiger partial charge is 0.573 e. The van der Waals surface area contributed by atoms with E-state index < -0.39 is 12.5 Å². The molecule has 2 rings (SSSR count). The first-order valence-corrected chi connectivity index (χ1v) is 10.4. The fourth-order valence-corrected chi connectivity index (χ4v) is 3.44. The van der Waals surface area contributed by atoms with E-state index >= 15 is 0 Å². The summed E-state index contributed by atoms with van der Waals surface area (Å²) in [6, 6.07) is 7.54. The molecule has 1 atom stereocenters. The van der Waals surface area contributed by atoms with Crippen molar-refractivity contribution in [3.63, 3.8) is 0 Å². The SMILES string of the molecule is CC#COc1c(C)c(-c2ccc(OC(F)(F)F)cc2)cc(C)c1C(CC)OC(=O)CCC. The quantitative estimate of drug-likeness (QED) is 0.321. The number of carbonyl (C=O) groups excluding carboxylic acids is 1. The molecule has 0 amide bonds. The van der Waals surface area contributed by atoms with Gasteiger partial charge in [0, 0.05) is 24.5 Å². The smallest absolute Gasteiger partial charge is 0.457 e. The molecule has 0 bridgehead atoms. The number of benzene rings is 2. The molecule has 0 aromatic heterocycles. The van der Waals surface area contributed by atoms with Crippen LogP contribution in [0.5, 0.6) is 11.5 Å². The molecule has 7 heteroatoms. The number of hydrogen-bond acceptors (Lipinski definition) is 4. The Kier molecular flexibility index (Phi) is 8.59. The van der Waals surface area contributed by atoms with Crippen molar-refractivity contribution in [1.29, 1.82) is 0 Å². The summed E-state index contributed by atoms with van der Waals surface area (Å²) in [6.07, 6.45) is -1.08. The van der Waals surface area contributed by atoms with Crippen molar-refractivity contribution in [3.8, 4) is 34.7 Å². The van der Waals surface area contributed by atoms with Crippen LogP contribution in [0, 0.1) is 25.9 Å². The summed E-state index contributed by atoms with van der Waals surface area (Å²) in [5, 5.41) is 0. The Hall–Kier alpha value is -3.14. The molecule has 1 unspecified atom stereocenters. The lowest BCUT2D eigenvalue weighted by molar-refractivity contribution is -0.274. The normalized spacial score (nSPS) is 11.9. The lowest BCUT2D eigenvalue weighted by atomic mass is 9.90. The number of aryl methyl sites for hydroxylation is 1. The first kappa shape index (κ1) is 25.1. The summed E-state index contributed by atoms with van der Waals surface area (Å²) in [5.41, 5.74) is 3.76. The Labute approximate surface area is 186 Å².